The van der Waals surface area contributed by atoms with E-state index in [1.165, 1.54) is 37.5 Å². The molecule has 1 N–H and O–H groups in total. The fourth-order valence-electron chi connectivity index (χ4n) is 2.81. The lowest BCUT2D eigenvalue weighted by atomic mass is 10.1. The van der Waals surface area contributed by atoms with Crippen LogP contribution in [0.3, 0.4) is 0 Å². The summed E-state index contributed by atoms with van der Waals surface area (Å²) in [6.45, 7) is 1.84. The van der Waals surface area contributed by atoms with Gasteiger partial charge in [0.05, 0.1) is 11.6 Å². The van der Waals surface area contributed by atoms with Crippen molar-refractivity contribution in [3.63, 3.8) is 0 Å². The van der Waals surface area contributed by atoms with Crippen molar-refractivity contribution in [1.29, 1.82) is 5.26 Å². The number of methoxy groups -OCH3 is 1. The Balaban J connectivity index is 1.90. The third-order valence-corrected chi connectivity index (χ3v) is 6.61. The number of nitriles is 1. The number of hydrogen-bond acceptors (Lipinski definition) is 6. The van der Waals surface area contributed by atoms with Crippen molar-refractivity contribution < 1.29 is 22.1 Å². The third kappa shape index (κ3) is 6.17. The Morgan fingerprint density at radius 1 is 1.12 bits per heavy atom. The van der Waals surface area contributed by atoms with E-state index in [0.717, 1.165) is 5.56 Å². The summed E-state index contributed by atoms with van der Waals surface area (Å²) < 4.78 is 36.3. The van der Waals surface area contributed by atoms with Crippen LogP contribution in [0, 0.1) is 18.3 Å². The maximum Gasteiger partial charge on any atom is 0.339 e. The van der Waals surface area contributed by atoms with Crippen LogP contribution < -0.4 is 14.2 Å². The summed E-state index contributed by atoms with van der Waals surface area (Å²) in [5, 5.41) is 12.6. The van der Waals surface area contributed by atoms with Crippen molar-refractivity contribution in [3.05, 3.63) is 86.9 Å². The second kappa shape index (κ2) is 10.7. The lowest BCUT2D eigenvalue weighted by Crippen LogP contribution is -2.13. The summed E-state index contributed by atoms with van der Waals surface area (Å²) in [7, 11) is -2.78. The molecule has 0 aromatic heterocycles. The Kier molecular flexibility index (Phi) is 7.99. The maximum atomic E-state index is 12.7. The third-order valence-electron chi connectivity index (χ3n) is 4.53. The molecule has 0 spiro atoms. The first-order valence-electron chi connectivity index (χ1n) is 9.70. The molecule has 10 heteroatoms. The summed E-state index contributed by atoms with van der Waals surface area (Å²) in [6, 6.07) is 17.5. The van der Waals surface area contributed by atoms with Crippen molar-refractivity contribution in [1.82, 2.24) is 0 Å². The molecule has 0 bridgehead atoms. The zero-order valence-electron chi connectivity index (χ0n) is 18.0. The van der Waals surface area contributed by atoms with Gasteiger partial charge in [0.1, 0.15) is 16.5 Å². The molecule has 34 heavy (non-hydrogen) atoms. The fourth-order valence-corrected chi connectivity index (χ4v) is 4.54. The molecule has 0 radical (unpaired) electrons. The maximum absolute atomic E-state index is 12.7. The van der Waals surface area contributed by atoms with E-state index >= 15 is 0 Å². The number of amides is 1. The average molecular weight is 562 g/mol. The van der Waals surface area contributed by atoms with E-state index in [4.69, 9.17) is 20.5 Å². The van der Waals surface area contributed by atoms with Crippen LogP contribution in [0.2, 0.25) is 5.02 Å². The summed E-state index contributed by atoms with van der Waals surface area (Å²) in [6.07, 6.45) is 1.34. The van der Waals surface area contributed by atoms with E-state index < -0.39 is 16.0 Å². The van der Waals surface area contributed by atoms with Crippen molar-refractivity contribution >= 4 is 55.3 Å². The van der Waals surface area contributed by atoms with Crippen LogP contribution in [0.4, 0.5) is 5.69 Å². The van der Waals surface area contributed by atoms with Crippen LogP contribution in [0.1, 0.15) is 11.1 Å². The van der Waals surface area contributed by atoms with Gasteiger partial charge in [-0.3, -0.25) is 4.79 Å². The second-order valence-corrected chi connectivity index (χ2v) is 9.85. The van der Waals surface area contributed by atoms with E-state index in [0.29, 0.717) is 16.3 Å². The standard InChI is InChI=1S/C24H18BrClN2O5S/c1-15-3-9-20(10-4-15)34(30,31)33-23-21(25)12-16(13-22(23)32-2)11-17(14-27)24(29)28-19-7-5-18(26)6-8-19/h3-13H,1-2H3,(H,28,29). The van der Waals surface area contributed by atoms with Gasteiger partial charge in [-0.2, -0.15) is 13.7 Å². The fraction of sp³-hybridized carbons (Fsp3) is 0.0833. The Morgan fingerprint density at radius 3 is 2.35 bits per heavy atom. The van der Waals surface area contributed by atoms with Gasteiger partial charge in [0.2, 0.25) is 0 Å². The molecule has 0 saturated heterocycles. The van der Waals surface area contributed by atoms with Gasteiger partial charge in [-0.25, -0.2) is 0 Å². The number of rotatable bonds is 7. The van der Waals surface area contributed by atoms with Gasteiger partial charge in [0.15, 0.2) is 11.5 Å². The normalized spacial score (nSPS) is 11.4. The molecule has 0 aliphatic rings. The van der Waals surface area contributed by atoms with Gasteiger partial charge in [0, 0.05) is 10.7 Å². The van der Waals surface area contributed by atoms with Crippen LogP contribution in [0.5, 0.6) is 11.5 Å². The predicted molar refractivity (Wildman–Crippen MR) is 133 cm³/mol. The van der Waals surface area contributed by atoms with Crippen molar-refractivity contribution in [2.45, 2.75) is 11.8 Å². The summed E-state index contributed by atoms with van der Waals surface area (Å²) >= 11 is 9.13. The van der Waals surface area contributed by atoms with Crippen molar-refractivity contribution in [2.75, 3.05) is 12.4 Å². The first-order valence-corrected chi connectivity index (χ1v) is 12.3. The number of carbonyl (C=O) groups is 1. The van der Waals surface area contributed by atoms with Gasteiger partial charge < -0.3 is 14.2 Å². The number of ether oxygens (including phenoxy) is 1. The molecule has 0 unspecified atom stereocenters. The molecule has 0 aliphatic heterocycles. The minimum absolute atomic E-state index is 0.0123. The molecule has 0 saturated carbocycles. The van der Waals surface area contributed by atoms with E-state index in [1.54, 1.807) is 36.4 Å². The predicted octanol–water partition coefficient (Wildman–Crippen LogP) is 5.73. The topological polar surface area (TPSA) is 105 Å². The zero-order valence-corrected chi connectivity index (χ0v) is 21.2. The van der Waals surface area contributed by atoms with E-state index in [-0.39, 0.29) is 26.4 Å². The molecule has 0 fully saturated rings. The molecular formula is C24H18BrClN2O5S. The summed E-state index contributed by atoms with van der Waals surface area (Å²) in [5.41, 5.74) is 1.61. The van der Waals surface area contributed by atoms with Crippen LogP contribution in [0.25, 0.3) is 6.08 Å². The minimum Gasteiger partial charge on any atom is -0.493 e. The van der Waals surface area contributed by atoms with Crippen molar-refractivity contribution in [2.24, 2.45) is 0 Å². The number of hydrogen-bond donors (Lipinski definition) is 1. The summed E-state index contributed by atoms with van der Waals surface area (Å²) in [4.78, 5) is 12.5. The van der Waals surface area contributed by atoms with Crippen LogP contribution in [0.15, 0.2) is 75.6 Å². The van der Waals surface area contributed by atoms with E-state index in [1.807, 2.05) is 13.0 Å². The highest BCUT2D eigenvalue weighted by molar-refractivity contribution is 9.10. The first kappa shape index (κ1) is 25.3. The SMILES string of the molecule is COc1cc(C=C(C#N)C(=O)Nc2ccc(Cl)cc2)cc(Br)c1OS(=O)(=O)c1ccc(C)cc1. The van der Waals surface area contributed by atoms with E-state index in [2.05, 4.69) is 21.2 Å². The average Bonchev–Trinajstić information content (AvgIpc) is 2.80. The first-order chi connectivity index (χ1) is 16.1. The molecule has 174 valence electrons. The Bertz CT molecular complexity index is 1400. The molecule has 0 heterocycles. The highest BCUT2D eigenvalue weighted by atomic mass is 79.9. The lowest BCUT2D eigenvalue weighted by molar-refractivity contribution is -0.112. The molecule has 3 aromatic carbocycles. The van der Waals surface area contributed by atoms with Gasteiger partial charge in [-0.1, -0.05) is 29.3 Å². The Hall–Kier alpha value is -3.32. The molecule has 1 amide bonds. The number of nitrogens with zero attached hydrogens (tertiary/aromatic N) is 1. The number of anilines is 1. The lowest BCUT2D eigenvalue weighted by Gasteiger charge is -2.14. The molecular weight excluding hydrogens is 544 g/mol. The largest absolute Gasteiger partial charge is 0.493 e. The second-order valence-electron chi connectivity index (χ2n) is 7.02. The van der Waals surface area contributed by atoms with Gasteiger partial charge in [-0.15, -0.1) is 0 Å². The summed E-state index contributed by atoms with van der Waals surface area (Å²) in [5.74, 6) is -0.599. The van der Waals surface area contributed by atoms with Gasteiger partial charge in [0.25, 0.3) is 5.91 Å². The molecule has 7 nitrogen and oxygen atoms in total. The number of halogens is 2. The number of nitrogens with one attached hydrogen (secondary N) is 1. The van der Waals surface area contributed by atoms with Gasteiger partial charge in [-0.05, 0) is 83.0 Å². The van der Waals surface area contributed by atoms with Crippen LogP contribution >= 0.6 is 27.5 Å². The zero-order chi connectivity index (χ0) is 24.9. The quantitative estimate of drug-likeness (QED) is 0.224. The molecule has 3 rings (SSSR count). The molecule has 3 aromatic rings. The molecule has 0 atom stereocenters. The smallest absolute Gasteiger partial charge is 0.339 e. The van der Waals surface area contributed by atoms with Crippen molar-refractivity contribution in [3.8, 4) is 17.6 Å². The molecule has 0 aliphatic carbocycles. The van der Waals surface area contributed by atoms with Crippen LogP contribution in [-0.4, -0.2) is 21.4 Å². The van der Waals surface area contributed by atoms with E-state index in [9.17, 15) is 18.5 Å². The minimum atomic E-state index is -4.13. The Morgan fingerprint density at radius 2 is 1.76 bits per heavy atom. The number of benzene rings is 3. The Labute approximate surface area is 210 Å². The van der Waals surface area contributed by atoms with Gasteiger partial charge >= 0.3 is 10.1 Å². The number of aryl methyl sites for hydroxylation is 1. The highest BCUT2D eigenvalue weighted by Crippen LogP contribution is 2.39. The highest BCUT2D eigenvalue weighted by Gasteiger charge is 2.22. The monoisotopic (exact) mass is 560 g/mol. The number of carbonyl (C=O) groups excluding carboxylic acids is 1. The van der Waals surface area contributed by atoms with Crippen LogP contribution in [-0.2, 0) is 14.9 Å².